The van der Waals surface area contributed by atoms with Gasteiger partial charge in [-0.05, 0) is 44.1 Å². The van der Waals surface area contributed by atoms with Gasteiger partial charge in [0.25, 0.3) is 0 Å². The van der Waals surface area contributed by atoms with E-state index in [9.17, 15) is 5.11 Å². The Morgan fingerprint density at radius 1 is 1.21 bits per heavy atom. The van der Waals surface area contributed by atoms with Crippen molar-refractivity contribution < 1.29 is 5.11 Å². The van der Waals surface area contributed by atoms with E-state index in [1.54, 1.807) is 0 Å². The Bertz CT molecular complexity index is 377. The van der Waals surface area contributed by atoms with Crippen LogP contribution in [0.15, 0.2) is 24.3 Å². The van der Waals surface area contributed by atoms with Crippen LogP contribution in [0.4, 0.5) is 0 Å². The topological polar surface area (TPSA) is 32.3 Å². The van der Waals surface area contributed by atoms with Crippen LogP contribution in [0.25, 0.3) is 0 Å². The number of aryl methyl sites for hydroxylation is 1. The molecule has 1 aromatic carbocycles. The average molecular weight is 261 g/mol. The van der Waals surface area contributed by atoms with E-state index >= 15 is 0 Å². The molecule has 1 aromatic rings. The van der Waals surface area contributed by atoms with Gasteiger partial charge in [0, 0.05) is 13.1 Å². The zero-order chi connectivity index (χ0) is 13.7. The lowest BCUT2D eigenvalue weighted by atomic mass is 9.78. The molecule has 0 bridgehead atoms. The molecular formula is C17H27NO. The molecule has 1 fully saturated rings. The van der Waals surface area contributed by atoms with Gasteiger partial charge < -0.3 is 10.4 Å². The molecular weight excluding hydrogens is 234 g/mol. The molecule has 2 rings (SSSR count). The molecule has 2 nitrogen and oxygen atoms in total. The smallest absolute Gasteiger partial charge is 0.0771 e. The first-order valence-electron chi connectivity index (χ1n) is 7.60. The zero-order valence-electron chi connectivity index (χ0n) is 12.3. The number of benzene rings is 1. The standard InChI is InChI=1S/C17H27NO/c1-3-15-8-10-17(19,11-9-15)13-18-12-16-6-4-14(2)5-7-16/h4-7,15,18-19H,3,8-13H2,1-2H3. The van der Waals surface area contributed by atoms with Crippen LogP contribution in [0, 0.1) is 12.8 Å². The molecule has 0 unspecified atom stereocenters. The third-order valence-electron chi connectivity index (χ3n) is 4.52. The largest absolute Gasteiger partial charge is 0.389 e. The maximum absolute atomic E-state index is 10.5. The minimum absolute atomic E-state index is 0.476. The lowest BCUT2D eigenvalue weighted by molar-refractivity contribution is -0.00881. The average Bonchev–Trinajstić information content (AvgIpc) is 2.42. The summed E-state index contributed by atoms with van der Waals surface area (Å²) < 4.78 is 0. The first-order chi connectivity index (χ1) is 9.11. The lowest BCUT2D eigenvalue weighted by Gasteiger charge is -2.36. The third kappa shape index (κ3) is 4.32. The molecule has 0 atom stereocenters. The van der Waals surface area contributed by atoms with Gasteiger partial charge in [0.2, 0.25) is 0 Å². The van der Waals surface area contributed by atoms with Gasteiger partial charge in [-0.2, -0.15) is 0 Å². The van der Waals surface area contributed by atoms with Crippen molar-refractivity contribution in [2.75, 3.05) is 6.54 Å². The van der Waals surface area contributed by atoms with Gasteiger partial charge in [-0.3, -0.25) is 0 Å². The second-order valence-corrected chi connectivity index (χ2v) is 6.17. The SMILES string of the molecule is CCC1CCC(O)(CNCc2ccc(C)cc2)CC1. The van der Waals surface area contributed by atoms with Crippen molar-refractivity contribution >= 4 is 0 Å². The van der Waals surface area contributed by atoms with E-state index in [0.29, 0.717) is 0 Å². The number of hydrogen-bond acceptors (Lipinski definition) is 2. The Morgan fingerprint density at radius 2 is 1.84 bits per heavy atom. The molecule has 1 aliphatic carbocycles. The number of hydrogen-bond donors (Lipinski definition) is 2. The molecule has 1 aliphatic rings. The minimum Gasteiger partial charge on any atom is -0.389 e. The number of rotatable bonds is 5. The van der Waals surface area contributed by atoms with Crippen LogP contribution >= 0.6 is 0 Å². The summed E-state index contributed by atoms with van der Waals surface area (Å²) in [6.45, 7) is 5.92. The molecule has 0 heterocycles. The molecule has 1 saturated carbocycles. The highest BCUT2D eigenvalue weighted by Gasteiger charge is 2.31. The highest BCUT2D eigenvalue weighted by Crippen LogP contribution is 2.33. The quantitative estimate of drug-likeness (QED) is 0.851. The van der Waals surface area contributed by atoms with Gasteiger partial charge >= 0.3 is 0 Å². The van der Waals surface area contributed by atoms with Gasteiger partial charge in [-0.15, -0.1) is 0 Å². The van der Waals surface area contributed by atoms with Gasteiger partial charge in [-0.25, -0.2) is 0 Å². The number of nitrogens with one attached hydrogen (secondary N) is 1. The number of aliphatic hydroxyl groups is 1. The first-order valence-corrected chi connectivity index (χ1v) is 7.60. The summed E-state index contributed by atoms with van der Waals surface area (Å²) in [5, 5.41) is 14.0. The Hall–Kier alpha value is -0.860. The summed E-state index contributed by atoms with van der Waals surface area (Å²) in [4.78, 5) is 0. The second-order valence-electron chi connectivity index (χ2n) is 6.17. The van der Waals surface area contributed by atoms with E-state index in [2.05, 4.69) is 43.4 Å². The van der Waals surface area contributed by atoms with Crippen molar-refractivity contribution in [3.8, 4) is 0 Å². The zero-order valence-corrected chi connectivity index (χ0v) is 12.3. The molecule has 0 spiro atoms. The Kier molecular flexibility index (Phi) is 5.00. The molecule has 2 N–H and O–H groups in total. The maximum Gasteiger partial charge on any atom is 0.0771 e. The van der Waals surface area contributed by atoms with Crippen LogP contribution in [-0.4, -0.2) is 17.3 Å². The van der Waals surface area contributed by atoms with Gasteiger partial charge in [0.15, 0.2) is 0 Å². The van der Waals surface area contributed by atoms with E-state index in [1.165, 1.54) is 30.4 Å². The van der Waals surface area contributed by atoms with Crippen molar-refractivity contribution in [2.45, 2.75) is 58.1 Å². The van der Waals surface area contributed by atoms with Crippen molar-refractivity contribution in [3.05, 3.63) is 35.4 Å². The van der Waals surface area contributed by atoms with Gasteiger partial charge in [0.1, 0.15) is 0 Å². The monoisotopic (exact) mass is 261 g/mol. The summed E-state index contributed by atoms with van der Waals surface area (Å²) in [6.07, 6.45) is 5.52. The summed E-state index contributed by atoms with van der Waals surface area (Å²) in [5.41, 5.74) is 2.10. The molecule has 0 aliphatic heterocycles. The minimum atomic E-state index is -0.476. The summed E-state index contributed by atoms with van der Waals surface area (Å²) >= 11 is 0. The van der Waals surface area contributed by atoms with E-state index < -0.39 is 5.60 Å². The van der Waals surface area contributed by atoms with Crippen molar-refractivity contribution in [2.24, 2.45) is 5.92 Å². The van der Waals surface area contributed by atoms with E-state index in [4.69, 9.17) is 0 Å². The predicted octanol–water partition coefficient (Wildman–Crippen LogP) is 3.42. The van der Waals surface area contributed by atoms with E-state index in [0.717, 1.165) is 31.8 Å². The molecule has 106 valence electrons. The highest BCUT2D eigenvalue weighted by molar-refractivity contribution is 5.21. The molecule has 0 amide bonds. The van der Waals surface area contributed by atoms with Crippen LogP contribution in [0.3, 0.4) is 0 Å². The fraction of sp³-hybridized carbons (Fsp3) is 0.647. The van der Waals surface area contributed by atoms with E-state index in [-0.39, 0.29) is 0 Å². The van der Waals surface area contributed by atoms with E-state index in [1.807, 2.05) is 0 Å². The normalized spacial score (nSPS) is 27.4. The van der Waals surface area contributed by atoms with Crippen LogP contribution < -0.4 is 5.32 Å². The van der Waals surface area contributed by atoms with Gasteiger partial charge in [0.05, 0.1) is 5.60 Å². The fourth-order valence-electron chi connectivity index (χ4n) is 2.95. The molecule has 0 radical (unpaired) electrons. The van der Waals surface area contributed by atoms with Crippen LogP contribution in [-0.2, 0) is 6.54 Å². The molecule has 0 aromatic heterocycles. The van der Waals surface area contributed by atoms with Crippen LogP contribution in [0.5, 0.6) is 0 Å². The van der Waals surface area contributed by atoms with Crippen LogP contribution in [0.1, 0.15) is 50.2 Å². The molecule has 0 saturated heterocycles. The molecule has 2 heteroatoms. The van der Waals surface area contributed by atoms with Crippen LogP contribution in [0.2, 0.25) is 0 Å². The summed E-state index contributed by atoms with van der Waals surface area (Å²) in [7, 11) is 0. The highest BCUT2D eigenvalue weighted by atomic mass is 16.3. The summed E-state index contributed by atoms with van der Waals surface area (Å²) in [6, 6.07) is 8.58. The van der Waals surface area contributed by atoms with Crippen molar-refractivity contribution in [3.63, 3.8) is 0 Å². The Morgan fingerprint density at radius 3 is 2.42 bits per heavy atom. The predicted molar refractivity (Wildman–Crippen MR) is 80.1 cm³/mol. The van der Waals surface area contributed by atoms with Crippen molar-refractivity contribution in [1.29, 1.82) is 0 Å². The maximum atomic E-state index is 10.5. The second kappa shape index (κ2) is 6.53. The summed E-state index contributed by atoms with van der Waals surface area (Å²) in [5.74, 6) is 0.831. The third-order valence-corrected chi connectivity index (χ3v) is 4.52. The van der Waals surface area contributed by atoms with Gasteiger partial charge in [-0.1, -0.05) is 43.2 Å². The first kappa shape index (κ1) is 14.5. The van der Waals surface area contributed by atoms with Crippen molar-refractivity contribution in [1.82, 2.24) is 5.32 Å². The fourth-order valence-corrected chi connectivity index (χ4v) is 2.95. The molecule has 19 heavy (non-hydrogen) atoms. The Balaban J connectivity index is 1.74. The Labute approximate surface area is 117 Å². The lowest BCUT2D eigenvalue weighted by Crippen LogP contribution is -2.43.